The van der Waals surface area contributed by atoms with Crippen LogP contribution in [-0.2, 0) is 19.7 Å². The number of rotatable bonds is 6. The summed E-state index contributed by atoms with van der Waals surface area (Å²) < 4.78 is 48.1. The van der Waals surface area contributed by atoms with Gasteiger partial charge in [0.15, 0.2) is 0 Å². The van der Waals surface area contributed by atoms with E-state index in [1.165, 1.54) is 12.2 Å². The third-order valence-corrected chi connectivity index (χ3v) is 8.63. The van der Waals surface area contributed by atoms with Crippen LogP contribution >= 0.6 is 11.6 Å². The largest absolute Gasteiger partial charge is 0.495 e. The molecule has 27 heavy (non-hydrogen) atoms. The zero-order chi connectivity index (χ0) is 19.9. The zero-order valence-corrected chi connectivity index (χ0v) is 17.0. The van der Waals surface area contributed by atoms with Crippen molar-refractivity contribution in [1.29, 1.82) is 0 Å². The van der Waals surface area contributed by atoms with Gasteiger partial charge >= 0.3 is 4.38 Å². The third kappa shape index (κ3) is 6.14. The summed E-state index contributed by atoms with van der Waals surface area (Å²) in [7, 11) is -8.65. The van der Waals surface area contributed by atoms with Gasteiger partial charge in [-0.15, -0.1) is 4.79 Å². The maximum absolute atomic E-state index is 12.4. The lowest BCUT2D eigenvalue weighted by Crippen LogP contribution is -2.29. The lowest BCUT2D eigenvalue weighted by Gasteiger charge is -2.01. The van der Waals surface area contributed by atoms with E-state index in [2.05, 4.69) is 4.79 Å². The Morgan fingerprint density at radius 2 is 1.67 bits per heavy atom. The molecule has 0 aliphatic heterocycles. The minimum Gasteiger partial charge on any atom is -0.359 e. The van der Waals surface area contributed by atoms with Gasteiger partial charge in [0.05, 0.1) is 11.5 Å². The summed E-state index contributed by atoms with van der Waals surface area (Å²) in [6, 6.07) is 8.64. The van der Waals surface area contributed by atoms with Crippen LogP contribution in [0.25, 0.3) is 10.6 Å². The molecule has 1 aliphatic carbocycles. The molecule has 2 rings (SSSR count). The highest BCUT2D eigenvalue weighted by atomic mass is 35.5. The normalized spacial score (nSPS) is 16.6. The summed E-state index contributed by atoms with van der Waals surface area (Å²) in [5, 5.41) is 0.162. The molecule has 0 spiro atoms. The van der Waals surface area contributed by atoms with Gasteiger partial charge in [-0.2, -0.15) is 0 Å². The molecule has 1 aromatic carbocycles. The number of benzene rings is 1. The first kappa shape index (κ1) is 21.6. The lowest BCUT2D eigenvalue weighted by molar-refractivity contribution is 0.00385. The molecule has 0 atom stereocenters. The number of sulfone groups is 2. The van der Waals surface area contributed by atoms with E-state index in [9.17, 15) is 16.8 Å². The summed E-state index contributed by atoms with van der Waals surface area (Å²) in [4.78, 5) is 2.57. The van der Waals surface area contributed by atoms with Crippen molar-refractivity contribution < 1.29 is 21.6 Å². The fourth-order valence-corrected chi connectivity index (χ4v) is 6.42. The van der Waals surface area contributed by atoms with E-state index in [0.717, 1.165) is 25.7 Å². The molecular weight excluding hydrogens is 408 g/mol. The van der Waals surface area contributed by atoms with Crippen LogP contribution in [0.3, 0.4) is 0 Å². The van der Waals surface area contributed by atoms with Gasteiger partial charge in [0.2, 0.25) is 0 Å². The molecule has 0 radical (unpaired) electrons. The molecule has 0 N–H and O–H groups in total. The maximum atomic E-state index is 12.4. The van der Waals surface area contributed by atoms with Crippen LogP contribution in [-0.4, -0.2) is 37.5 Å². The lowest BCUT2D eigenvalue weighted by atomic mass is 10.1. The van der Waals surface area contributed by atoms with E-state index in [1.807, 2.05) is 0 Å². The van der Waals surface area contributed by atoms with Gasteiger partial charge in [0.1, 0.15) is 0 Å². The molecule has 1 aliphatic rings. The van der Waals surface area contributed by atoms with E-state index in [1.54, 1.807) is 36.4 Å². The highest BCUT2D eigenvalue weighted by molar-refractivity contribution is 8.31. The van der Waals surface area contributed by atoms with Gasteiger partial charge in [0, 0.05) is 5.03 Å². The SMILES string of the molecule is [N-]=[N+]=C(S(=O)(=O)CC=CC1CCCC1)S(=O)(=O)CC=C(Cl)c1ccccc1. The molecule has 0 amide bonds. The van der Waals surface area contributed by atoms with Gasteiger partial charge < -0.3 is 5.53 Å². The first-order valence-corrected chi connectivity index (χ1v) is 12.2. The monoisotopic (exact) mass is 428 g/mol. The summed E-state index contributed by atoms with van der Waals surface area (Å²) >= 11 is 6.06. The highest BCUT2D eigenvalue weighted by Gasteiger charge is 2.40. The third-order valence-electron chi connectivity index (χ3n) is 4.27. The van der Waals surface area contributed by atoms with Crippen molar-refractivity contribution in [3.8, 4) is 0 Å². The predicted octanol–water partition coefficient (Wildman–Crippen LogP) is 3.43. The molecule has 0 heterocycles. The van der Waals surface area contributed by atoms with Crippen molar-refractivity contribution in [2.75, 3.05) is 11.5 Å². The van der Waals surface area contributed by atoms with Gasteiger partial charge in [-0.1, -0.05) is 66.9 Å². The number of hydrogen-bond acceptors (Lipinski definition) is 4. The predicted molar refractivity (Wildman–Crippen MR) is 108 cm³/mol. The van der Waals surface area contributed by atoms with Crippen molar-refractivity contribution in [3.05, 3.63) is 59.7 Å². The van der Waals surface area contributed by atoms with Gasteiger partial charge in [0.25, 0.3) is 19.7 Å². The van der Waals surface area contributed by atoms with Crippen LogP contribution in [0.2, 0.25) is 0 Å². The Labute approximate surface area is 165 Å². The van der Waals surface area contributed by atoms with Crippen LogP contribution in [0.4, 0.5) is 0 Å². The first-order valence-electron chi connectivity index (χ1n) is 8.51. The topological polar surface area (TPSA) is 105 Å². The second-order valence-corrected chi connectivity index (χ2v) is 10.9. The fourth-order valence-electron chi connectivity index (χ4n) is 2.88. The smallest absolute Gasteiger partial charge is 0.359 e. The average Bonchev–Trinajstić information content (AvgIpc) is 3.14. The Morgan fingerprint density at radius 3 is 2.26 bits per heavy atom. The molecule has 9 heteroatoms. The Hall–Kier alpha value is -1.73. The highest BCUT2D eigenvalue weighted by Crippen LogP contribution is 2.25. The Morgan fingerprint density at radius 1 is 1.07 bits per heavy atom. The van der Waals surface area contributed by atoms with Gasteiger partial charge in [-0.3, -0.25) is 0 Å². The molecular formula is C18H21ClN2O4S2. The Balaban J connectivity index is 2.13. The van der Waals surface area contributed by atoms with Gasteiger partial charge in [-0.25, -0.2) is 16.8 Å². The van der Waals surface area contributed by atoms with Crippen LogP contribution in [0.1, 0.15) is 31.2 Å². The molecule has 1 fully saturated rings. The van der Waals surface area contributed by atoms with Crippen molar-refractivity contribution in [3.63, 3.8) is 0 Å². The number of nitrogens with zero attached hydrogens (tertiary/aromatic N) is 2. The summed E-state index contributed by atoms with van der Waals surface area (Å²) in [5.74, 6) is -0.900. The van der Waals surface area contributed by atoms with Crippen molar-refractivity contribution in [2.45, 2.75) is 25.7 Å². The Bertz CT molecular complexity index is 971. The fraction of sp³-hybridized carbons (Fsp3) is 0.389. The molecule has 1 saturated carbocycles. The van der Waals surface area contributed by atoms with E-state index in [0.29, 0.717) is 11.5 Å². The molecule has 0 bridgehead atoms. The first-order chi connectivity index (χ1) is 12.8. The van der Waals surface area contributed by atoms with E-state index < -0.39 is 35.6 Å². The van der Waals surface area contributed by atoms with Crippen molar-refractivity contribution >= 4 is 40.7 Å². The second-order valence-electron chi connectivity index (χ2n) is 6.32. The van der Waals surface area contributed by atoms with E-state index in [-0.39, 0.29) is 5.03 Å². The quantitative estimate of drug-likeness (QED) is 0.227. The van der Waals surface area contributed by atoms with E-state index >= 15 is 0 Å². The van der Waals surface area contributed by atoms with Crippen LogP contribution in [0, 0.1) is 5.92 Å². The van der Waals surface area contributed by atoms with E-state index in [4.69, 9.17) is 17.1 Å². The minimum absolute atomic E-state index is 0.162. The van der Waals surface area contributed by atoms with Crippen LogP contribution < -0.4 is 0 Å². The van der Waals surface area contributed by atoms with Crippen molar-refractivity contribution in [2.24, 2.45) is 5.92 Å². The second kappa shape index (κ2) is 9.46. The summed E-state index contributed by atoms with van der Waals surface area (Å²) in [5.41, 5.74) is 9.64. The number of halogens is 1. The average molecular weight is 429 g/mol. The van der Waals surface area contributed by atoms with Gasteiger partial charge in [-0.05, 0) is 30.4 Å². The Kier molecular flexibility index (Phi) is 7.56. The van der Waals surface area contributed by atoms with Crippen LogP contribution in [0.5, 0.6) is 0 Å². The molecule has 1 aromatic rings. The number of allylic oxidation sites excluding steroid dienone is 1. The number of hydrogen-bond donors (Lipinski definition) is 0. The zero-order valence-electron chi connectivity index (χ0n) is 14.7. The standard InChI is InChI=1S/C18H21ClN2O4S2/c19-17(16-10-2-1-3-11-16)12-14-27(24,25)18(21-20)26(22,23)13-6-9-15-7-4-5-8-15/h1-3,6,9-12,15H,4-5,7-8,13-14H2. The summed E-state index contributed by atoms with van der Waals surface area (Å²) in [6.45, 7) is 0. The van der Waals surface area contributed by atoms with Crippen molar-refractivity contribution in [1.82, 2.24) is 0 Å². The molecule has 0 unspecified atom stereocenters. The molecule has 0 saturated heterocycles. The minimum atomic E-state index is -4.37. The van der Waals surface area contributed by atoms with Crippen LogP contribution in [0.15, 0.2) is 48.6 Å². The molecule has 0 aromatic heterocycles. The molecule has 146 valence electrons. The summed E-state index contributed by atoms with van der Waals surface area (Å²) in [6.07, 6.45) is 8.61. The maximum Gasteiger partial charge on any atom is 0.495 e. The molecule has 6 nitrogen and oxygen atoms in total.